The number of nitrogens with one attached hydrogen (secondary N) is 1. The molecule has 1 amide bonds. The third-order valence-corrected chi connectivity index (χ3v) is 6.06. The minimum absolute atomic E-state index is 0.0619. The van der Waals surface area contributed by atoms with Crippen LogP contribution in [0.15, 0.2) is 53.8 Å². The van der Waals surface area contributed by atoms with E-state index in [1.807, 2.05) is 0 Å². The van der Waals surface area contributed by atoms with Gasteiger partial charge in [-0.3, -0.25) is 18.4 Å². The van der Waals surface area contributed by atoms with E-state index in [9.17, 15) is 19.1 Å². The molecule has 1 aliphatic rings. The lowest BCUT2D eigenvalue weighted by Gasteiger charge is -2.17. The van der Waals surface area contributed by atoms with Crippen LogP contribution >= 0.6 is 0 Å². The summed E-state index contributed by atoms with van der Waals surface area (Å²) in [6, 6.07) is 6.19. The van der Waals surface area contributed by atoms with Crippen LogP contribution in [0.5, 0.6) is 0 Å². The van der Waals surface area contributed by atoms with E-state index >= 15 is 0 Å². The summed E-state index contributed by atoms with van der Waals surface area (Å²) < 4.78 is 19.1. The van der Waals surface area contributed by atoms with Gasteiger partial charge in [-0.25, -0.2) is 14.2 Å². The van der Waals surface area contributed by atoms with Gasteiger partial charge in [-0.2, -0.15) is 5.10 Å². The Balaban J connectivity index is 1.48. The Hall–Kier alpha value is -3.79. The Morgan fingerprint density at radius 3 is 2.82 bits per heavy atom. The summed E-state index contributed by atoms with van der Waals surface area (Å²) in [5, 5.41) is 17.2. The molecule has 9 nitrogen and oxygen atoms in total. The summed E-state index contributed by atoms with van der Waals surface area (Å²) in [6.07, 6.45) is 7.63. The molecule has 1 aromatic carbocycles. The Labute approximate surface area is 188 Å². The number of aryl methyl sites for hydroxylation is 1. The molecule has 2 N–H and O–H groups in total. The van der Waals surface area contributed by atoms with Crippen molar-refractivity contribution in [1.82, 2.24) is 29.0 Å². The number of benzene rings is 1. The summed E-state index contributed by atoms with van der Waals surface area (Å²) in [4.78, 5) is 30.1. The first-order valence-electron chi connectivity index (χ1n) is 10.7. The molecule has 1 saturated carbocycles. The highest BCUT2D eigenvalue weighted by molar-refractivity contribution is 5.99. The van der Waals surface area contributed by atoms with Crippen LogP contribution < -0.4 is 11.0 Å². The van der Waals surface area contributed by atoms with E-state index < -0.39 is 23.5 Å². The van der Waals surface area contributed by atoms with Crippen LogP contribution in [0.4, 0.5) is 4.39 Å². The SMILES string of the molecule is Cn1ccc(-c2ccc(Cn3cc(C(=O)N[C@H]4CCC[C@@H]4O)c4nccn4c3=O)c(F)c2)n1. The fraction of sp³-hybridized carbons (Fsp3) is 0.304. The minimum atomic E-state index is -0.595. The lowest BCUT2D eigenvalue weighted by molar-refractivity contribution is 0.0873. The Bertz CT molecular complexity index is 1400. The molecule has 3 heterocycles. The van der Waals surface area contributed by atoms with Crippen LogP contribution in [0, 0.1) is 5.82 Å². The topological polar surface area (TPSA) is 106 Å². The van der Waals surface area contributed by atoms with Gasteiger partial charge in [0.05, 0.1) is 29.9 Å². The monoisotopic (exact) mass is 450 g/mol. The molecule has 1 aliphatic carbocycles. The molecule has 0 radical (unpaired) electrons. The highest BCUT2D eigenvalue weighted by Gasteiger charge is 2.28. The number of carbonyl (C=O) groups is 1. The minimum Gasteiger partial charge on any atom is -0.391 e. The van der Waals surface area contributed by atoms with E-state index in [-0.39, 0.29) is 23.8 Å². The van der Waals surface area contributed by atoms with Gasteiger partial charge < -0.3 is 10.4 Å². The second kappa shape index (κ2) is 8.28. The summed E-state index contributed by atoms with van der Waals surface area (Å²) >= 11 is 0. The first-order valence-corrected chi connectivity index (χ1v) is 10.7. The quantitative estimate of drug-likeness (QED) is 0.482. The van der Waals surface area contributed by atoms with Gasteiger partial charge in [0, 0.05) is 43.0 Å². The zero-order chi connectivity index (χ0) is 23.1. The number of rotatable bonds is 5. The second-order valence-electron chi connectivity index (χ2n) is 8.33. The number of fused-ring (bicyclic) bond motifs is 1. The number of aliphatic hydroxyl groups is 1. The van der Waals surface area contributed by atoms with Crippen LogP contribution in [-0.2, 0) is 13.6 Å². The van der Waals surface area contributed by atoms with Gasteiger partial charge in [-0.1, -0.05) is 12.1 Å². The molecule has 5 rings (SSSR count). The van der Waals surface area contributed by atoms with Crippen molar-refractivity contribution < 1.29 is 14.3 Å². The predicted octanol–water partition coefficient (Wildman–Crippen LogP) is 1.73. The molecule has 0 spiro atoms. The normalized spacial score (nSPS) is 18.2. The van der Waals surface area contributed by atoms with Gasteiger partial charge in [0.15, 0.2) is 5.65 Å². The van der Waals surface area contributed by atoms with E-state index in [1.54, 1.807) is 36.1 Å². The summed E-state index contributed by atoms with van der Waals surface area (Å²) in [5.74, 6) is -0.910. The smallest absolute Gasteiger partial charge is 0.334 e. The zero-order valence-electron chi connectivity index (χ0n) is 18.0. The number of aromatic nitrogens is 5. The van der Waals surface area contributed by atoms with Crippen molar-refractivity contribution in [3.63, 3.8) is 0 Å². The van der Waals surface area contributed by atoms with E-state index in [4.69, 9.17) is 0 Å². The second-order valence-corrected chi connectivity index (χ2v) is 8.33. The van der Waals surface area contributed by atoms with E-state index in [1.165, 1.54) is 33.6 Å². The van der Waals surface area contributed by atoms with Crippen molar-refractivity contribution in [2.75, 3.05) is 0 Å². The molecular weight excluding hydrogens is 427 g/mol. The molecule has 0 saturated heterocycles. The molecule has 4 aromatic rings. The van der Waals surface area contributed by atoms with E-state index in [0.717, 1.165) is 6.42 Å². The third-order valence-electron chi connectivity index (χ3n) is 6.06. The highest BCUT2D eigenvalue weighted by atomic mass is 19.1. The van der Waals surface area contributed by atoms with Crippen LogP contribution in [0.2, 0.25) is 0 Å². The number of hydrogen-bond donors (Lipinski definition) is 2. The first kappa shape index (κ1) is 21.1. The van der Waals surface area contributed by atoms with Crippen LogP contribution in [0.3, 0.4) is 0 Å². The third kappa shape index (κ3) is 3.93. The van der Waals surface area contributed by atoms with Crippen LogP contribution in [-0.4, -0.2) is 46.9 Å². The molecular formula is C23H23FN6O3. The zero-order valence-corrected chi connectivity index (χ0v) is 18.0. The average Bonchev–Trinajstić information content (AvgIpc) is 3.53. The van der Waals surface area contributed by atoms with Crippen molar-refractivity contribution in [2.24, 2.45) is 7.05 Å². The molecule has 0 unspecified atom stereocenters. The number of hydrogen-bond acceptors (Lipinski definition) is 5. The van der Waals surface area contributed by atoms with Crippen molar-refractivity contribution in [2.45, 2.75) is 38.0 Å². The van der Waals surface area contributed by atoms with Crippen molar-refractivity contribution in [3.8, 4) is 11.3 Å². The van der Waals surface area contributed by atoms with Gasteiger partial charge >= 0.3 is 5.69 Å². The number of halogens is 1. The molecule has 3 aromatic heterocycles. The number of nitrogens with zero attached hydrogens (tertiary/aromatic N) is 5. The number of amides is 1. The Morgan fingerprint density at radius 1 is 1.27 bits per heavy atom. The standard InChI is InChI=1S/C23H23FN6O3/c1-28-9-7-18(27-28)14-5-6-15(17(24)11-14)12-29-13-16(21-25-8-10-30(21)23(29)33)22(32)26-19-3-2-4-20(19)31/h5-11,13,19-20,31H,2-4,12H2,1H3,(H,26,32)/t19-,20-/m0/s1. The number of carbonyl (C=O) groups excluding carboxylic acids is 1. The van der Waals surface area contributed by atoms with Crippen molar-refractivity contribution in [3.05, 3.63) is 76.5 Å². The maximum atomic E-state index is 14.9. The summed E-state index contributed by atoms with van der Waals surface area (Å²) in [7, 11) is 1.79. The molecule has 170 valence electrons. The van der Waals surface area contributed by atoms with Gasteiger partial charge in [-0.15, -0.1) is 0 Å². The lowest BCUT2D eigenvalue weighted by atomic mass is 10.1. The van der Waals surface area contributed by atoms with Gasteiger partial charge in [0.2, 0.25) is 0 Å². The fourth-order valence-electron chi connectivity index (χ4n) is 4.28. The lowest BCUT2D eigenvalue weighted by Crippen LogP contribution is -2.41. The van der Waals surface area contributed by atoms with Crippen LogP contribution in [0.25, 0.3) is 16.9 Å². The molecule has 1 fully saturated rings. The number of imidazole rings is 1. The molecule has 33 heavy (non-hydrogen) atoms. The van der Waals surface area contributed by atoms with Crippen LogP contribution in [0.1, 0.15) is 35.2 Å². The van der Waals surface area contributed by atoms with Crippen molar-refractivity contribution in [1.29, 1.82) is 0 Å². The largest absolute Gasteiger partial charge is 0.391 e. The maximum Gasteiger partial charge on any atom is 0.334 e. The first-order chi connectivity index (χ1) is 15.9. The predicted molar refractivity (Wildman–Crippen MR) is 118 cm³/mol. The molecule has 2 atom stereocenters. The summed E-state index contributed by atoms with van der Waals surface area (Å²) in [5.41, 5.74) is 1.54. The van der Waals surface area contributed by atoms with E-state index in [0.29, 0.717) is 29.7 Å². The Morgan fingerprint density at radius 2 is 2.12 bits per heavy atom. The van der Waals surface area contributed by atoms with Gasteiger partial charge in [0.25, 0.3) is 5.91 Å². The maximum absolute atomic E-state index is 14.9. The highest BCUT2D eigenvalue weighted by Crippen LogP contribution is 2.22. The Kier molecular flexibility index (Phi) is 5.29. The average molecular weight is 450 g/mol. The number of aliphatic hydroxyl groups excluding tert-OH is 1. The molecule has 0 aliphatic heterocycles. The molecule has 0 bridgehead atoms. The van der Waals surface area contributed by atoms with Gasteiger partial charge in [-0.05, 0) is 31.4 Å². The molecule has 10 heteroatoms. The van der Waals surface area contributed by atoms with Crippen molar-refractivity contribution >= 4 is 11.6 Å². The van der Waals surface area contributed by atoms with Gasteiger partial charge in [0.1, 0.15) is 5.82 Å². The van der Waals surface area contributed by atoms with E-state index in [2.05, 4.69) is 15.4 Å². The fourth-order valence-corrected chi connectivity index (χ4v) is 4.28. The summed E-state index contributed by atoms with van der Waals surface area (Å²) in [6.45, 7) is -0.0619.